The molecule has 0 aromatic heterocycles. The van der Waals surface area contributed by atoms with E-state index in [9.17, 15) is 20.1 Å². The van der Waals surface area contributed by atoms with Gasteiger partial charge in [0, 0.05) is 6.42 Å². The van der Waals surface area contributed by atoms with Crippen molar-refractivity contribution in [3.63, 3.8) is 0 Å². The van der Waals surface area contributed by atoms with Gasteiger partial charge >= 0.3 is 5.97 Å². The average molecular weight is 236 g/mol. The number of aliphatic hydroxyl groups excluding tert-OH is 4. The fourth-order valence-electron chi connectivity index (χ4n) is 1.68. The first-order valence-corrected chi connectivity index (χ1v) is 4.99. The monoisotopic (exact) mass is 236 g/mol. The van der Waals surface area contributed by atoms with E-state index in [0.29, 0.717) is 0 Å². The second-order valence-electron chi connectivity index (χ2n) is 3.80. The maximum atomic E-state index is 10.3. The number of aliphatic carboxylic acids is 1. The summed E-state index contributed by atoms with van der Waals surface area (Å²) in [5, 5.41) is 45.7. The van der Waals surface area contributed by atoms with E-state index in [1.54, 1.807) is 0 Å². The molecule has 0 aliphatic carbocycles. The van der Waals surface area contributed by atoms with Gasteiger partial charge in [-0.15, -0.1) is 0 Å². The minimum Gasteiger partial charge on any atom is -0.481 e. The predicted octanol–water partition coefficient (Wildman–Crippen LogP) is -2.31. The standard InChI is InChI=1S/C9H16O7/c10-3-5-8(14)9(15)7(13)4(16-5)1-2-6(11)12/h4-5,7-10,13-15H,1-3H2,(H,11,12)/t4-,5-,7-,8-,9-/m1/s1. The molecule has 1 aliphatic rings. The largest absolute Gasteiger partial charge is 0.481 e. The fraction of sp³-hybridized carbons (Fsp3) is 0.889. The molecule has 0 amide bonds. The first-order valence-electron chi connectivity index (χ1n) is 4.99. The third-order valence-corrected chi connectivity index (χ3v) is 2.63. The van der Waals surface area contributed by atoms with Crippen LogP contribution < -0.4 is 0 Å². The number of hydrogen-bond acceptors (Lipinski definition) is 6. The summed E-state index contributed by atoms with van der Waals surface area (Å²) in [5.41, 5.74) is 0. The van der Waals surface area contributed by atoms with Gasteiger partial charge in [0.2, 0.25) is 0 Å². The number of ether oxygens (including phenoxy) is 1. The molecule has 0 aromatic carbocycles. The Labute approximate surface area is 91.9 Å². The van der Waals surface area contributed by atoms with Gasteiger partial charge in [-0.1, -0.05) is 0 Å². The van der Waals surface area contributed by atoms with Crippen LogP contribution in [0.4, 0.5) is 0 Å². The Hall–Kier alpha value is -0.730. The molecule has 0 unspecified atom stereocenters. The van der Waals surface area contributed by atoms with Crippen LogP contribution in [-0.4, -0.2) is 68.6 Å². The summed E-state index contributed by atoms with van der Waals surface area (Å²) in [7, 11) is 0. The first kappa shape index (κ1) is 13.3. The minimum absolute atomic E-state index is 0.0107. The summed E-state index contributed by atoms with van der Waals surface area (Å²) in [6, 6.07) is 0. The molecule has 1 fully saturated rings. The second kappa shape index (κ2) is 5.55. The quantitative estimate of drug-likeness (QED) is 0.371. The van der Waals surface area contributed by atoms with Crippen LogP contribution in [0.1, 0.15) is 12.8 Å². The first-order chi connectivity index (χ1) is 7.47. The van der Waals surface area contributed by atoms with E-state index in [1.165, 1.54) is 0 Å². The van der Waals surface area contributed by atoms with Crippen molar-refractivity contribution in [3.05, 3.63) is 0 Å². The zero-order valence-corrected chi connectivity index (χ0v) is 8.56. The average Bonchev–Trinajstić information content (AvgIpc) is 2.25. The lowest BCUT2D eigenvalue weighted by Crippen LogP contribution is -2.58. The summed E-state index contributed by atoms with van der Waals surface area (Å²) in [6.07, 6.45) is -6.27. The summed E-state index contributed by atoms with van der Waals surface area (Å²) >= 11 is 0. The topological polar surface area (TPSA) is 127 Å². The molecule has 0 saturated carbocycles. The Morgan fingerprint density at radius 3 is 2.12 bits per heavy atom. The van der Waals surface area contributed by atoms with Crippen LogP contribution in [-0.2, 0) is 9.53 Å². The van der Waals surface area contributed by atoms with Crippen molar-refractivity contribution in [2.75, 3.05) is 6.61 Å². The normalized spacial score (nSPS) is 39.6. The highest BCUT2D eigenvalue weighted by Gasteiger charge is 2.43. The molecule has 0 aromatic rings. The molecular formula is C9H16O7. The summed E-state index contributed by atoms with van der Waals surface area (Å²) in [6.45, 7) is -0.505. The molecule has 5 N–H and O–H groups in total. The number of carbonyl (C=O) groups is 1. The van der Waals surface area contributed by atoms with Crippen molar-refractivity contribution in [2.24, 2.45) is 0 Å². The number of rotatable bonds is 4. The Balaban J connectivity index is 2.60. The molecule has 1 heterocycles. The molecule has 0 bridgehead atoms. The molecule has 1 aliphatic heterocycles. The highest BCUT2D eigenvalue weighted by molar-refractivity contribution is 5.66. The molecule has 1 rings (SSSR count). The highest BCUT2D eigenvalue weighted by Crippen LogP contribution is 2.23. The molecule has 0 spiro atoms. The Bertz CT molecular complexity index is 242. The number of aliphatic hydroxyl groups is 4. The van der Waals surface area contributed by atoms with E-state index in [2.05, 4.69) is 0 Å². The van der Waals surface area contributed by atoms with Crippen LogP contribution in [0.25, 0.3) is 0 Å². The van der Waals surface area contributed by atoms with Gasteiger partial charge in [-0.05, 0) is 6.42 Å². The van der Waals surface area contributed by atoms with Crippen LogP contribution in [0.2, 0.25) is 0 Å². The van der Waals surface area contributed by atoms with Crippen molar-refractivity contribution >= 4 is 5.97 Å². The van der Waals surface area contributed by atoms with Gasteiger partial charge in [0.15, 0.2) is 0 Å². The predicted molar refractivity (Wildman–Crippen MR) is 50.6 cm³/mol. The molecule has 7 heteroatoms. The van der Waals surface area contributed by atoms with Crippen LogP contribution in [0.3, 0.4) is 0 Å². The van der Waals surface area contributed by atoms with Crippen molar-refractivity contribution in [1.29, 1.82) is 0 Å². The number of carboxylic acid groups (broad SMARTS) is 1. The van der Waals surface area contributed by atoms with Crippen LogP contribution in [0.5, 0.6) is 0 Å². The summed E-state index contributed by atoms with van der Waals surface area (Å²) in [4.78, 5) is 10.3. The van der Waals surface area contributed by atoms with E-state index < -0.39 is 43.1 Å². The van der Waals surface area contributed by atoms with Gasteiger partial charge in [-0.2, -0.15) is 0 Å². The maximum absolute atomic E-state index is 10.3. The molecule has 94 valence electrons. The molecule has 1 saturated heterocycles. The third-order valence-electron chi connectivity index (χ3n) is 2.63. The molecule has 5 atom stereocenters. The third kappa shape index (κ3) is 2.89. The molecular weight excluding hydrogens is 220 g/mol. The Morgan fingerprint density at radius 2 is 1.62 bits per heavy atom. The molecule has 16 heavy (non-hydrogen) atoms. The van der Waals surface area contributed by atoms with Gasteiger partial charge in [-0.3, -0.25) is 4.79 Å². The highest BCUT2D eigenvalue weighted by atomic mass is 16.5. The number of carboxylic acids is 1. The Kier molecular flexibility index (Phi) is 4.63. The van der Waals surface area contributed by atoms with Crippen molar-refractivity contribution < 1.29 is 35.1 Å². The number of hydrogen-bond donors (Lipinski definition) is 5. The van der Waals surface area contributed by atoms with Gasteiger partial charge in [0.05, 0.1) is 12.7 Å². The maximum Gasteiger partial charge on any atom is 0.303 e. The van der Waals surface area contributed by atoms with E-state index in [0.717, 1.165) is 0 Å². The summed E-state index contributed by atoms with van der Waals surface area (Å²) in [5.74, 6) is -1.04. The SMILES string of the molecule is O=C(O)CC[C@H]1O[C@H](CO)[C@@H](O)[C@H](O)[C@@H]1O. The van der Waals surface area contributed by atoms with Crippen molar-refractivity contribution in [3.8, 4) is 0 Å². The van der Waals surface area contributed by atoms with Crippen LogP contribution in [0.15, 0.2) is 0 Å². The minimum atomic E-state index is -1.44. The van der Waals surface area contributed by atoms with E-state index in [4.69, 9.17) is 14.9 Å². The lowest BCUT2D eigenvalue weighted by Gasteiger charge is -2.40. The van der Waals surface area contributed by atoms with Crippen LogP contribution >= 0.6 is 0 Å². The summed E-state index contributed by atoms with van der Waals surface area (Å²) < 4.78 is 5.11. The van der Waals surface area contributed by atoms with Gasteiger partial charge in [0.1, 0.15) is 24.4 Å². The van der Waals surface area contributed by atoms with Gasteiger partial charge in [-0.25, -0.2) is 0 Å². The second-order valence-corrected chi connectivity index (χ2v) is 3.80. The van der Waals surface area contributed by atoms with Crippen molar-refractivity contribution in [2.45, 2.75) is 43.4 Å². The fourth-order valence-corrected chi connectivity index (χ4v) is 1.68. The van der Waals surface area contributed by atoms with E-state index in [1.807, 2.05) is 0 Å². The zero-order chi connectivity index (χ0) is 12.3. The van der Waals surface area contributed by atoms with E-state index >= 15 is 0 Å². The van der Waals surface area contributed by atoms with Crippen LogP contribution in [0, 0.1) is 0 Å². The lowest BCUT2D eigenvalue weighted by atomic mass is 9.93. The smallest absolute Gasteiger partial charge is 0.303 e. The lowest BCUT2D eigenvalue weighted by molar-refractivity contribution is -0.230. The Morgan fingerprint density at radius 1 is 1.06 bits per heavy atom. The van der Waals surface area contributed by atoms with Gasteiger partial charge in [0.25, 0.3) is 0 Å². The van der Waals surface area contributed by atoms with Gasteiger partial charge < -0.3 is 30.3 Å². The molecule has 7 nitrogen and oxygen atoms in total. The van der Waals surface area contributed by atoms with Crippen molar-refractivity contribution in [1.82, 2.24) is 0 Å². The van der Waals surface area contributed by atoms with E-state index in [-0.39, 0.29) is 12.8 Å². The zero-order valence-electron chi connectivity index (χ0n) is 8.56. The molecule has 0 radical (unpaired) electrons.